The monoisotopic (exact) mass is 338 g/mol. The zero-order chi connectivity index (χ0) is 14.4. The molecule has 106 valence electrons. The highest BCUT2D eigenvalue weighted by atomic mass is 79.9. The average Bonchev–Trinajstić information content (AvgIpc) is 2.86. The lowest BCUT2D eigenvalue weighted by atomic mass is 10.2. The molecule has 2 rings (SSSR count). The molecule has 0 aliphatic heterocycles. The van der Waals surface area contributed by atoms with Gasteiger partial charge in [0, 0.05) is 11.6 Å². The number of hydrogen-bond donors (Lipinski definition) is 1. The van der Waals surface area contributed by atoms with Gasteiger partial charge in [-0.25, -0.2) is 9.67 Å². The number of nitrogens with one attached hydrogen (secondary N) is 1. The lowest BCUT2D eigenvalue weighted by Gasteiger charge is -2.01. The number of ether oxygens (including phenoxy) is 1. The van der Waals surface area contributed by atoms with Gasteiger partial charge in [0.05, 0.1) is 19.6 Å². The Kier molecular flexibility index (Phi) is 5.25. The van der Waals surface area contributed by atoms with Crippen LogP contribution in [0.5, 0.6) is 0 Å². The molecule has 20 heavy (non-hydrogen) atoms. The van der Waals surface area contributed by atoms with Crippen LogP contribution < -0.4 is 5.32 Å². The first kappa shape index (κ1) is 14.7. The van der Waals surface area contributed by atoms with E-state index in [1.807, 2.05) is 24.3 Å². The molecule has 1 aromatic heterocycles. The maximum Gasteiger partial charge on any atom is 0.248 e. The van der Waals surface area contributed by atoms with Crippen LogP contribution in [0.3, 0.4) is 0 Å². The maximum atomic E-state index is 11.5. The Morgan fingerprint density at radius 2 is 2.15 bits per heavy atom. The number of methoxy groups -OCH3 is 1. The van der Waals surface area contributed by atoms with Gasteiger partial charge in [0.25, 0.3) is 0 Å². The zero-order valence-corrected chi connectivity index (χ0v) is 12.6. The van der Waals surface area contributed by atoms with Gasteiger partial charge in [-0.1, -0.05) is 28.1 Å². The minimum Gasteiger partial charge on any atom is -0.384 e. The lowest BCUT2D eigenvalue weighted by Crippen LogP contribution is -2.15. The van der Waals surface area contributed by atoms with E-state index in [2.05, 4.69) is 31.3 Å². The third-order valence-electron chi connectivity index (χ3n) is 2.58. The molecule has 2 aromatic rings. The van der Waals surface area contributed by atoms with Crippen LogP contribution in [0, 0.1) is 0 Å². The van der Waals surface area contributed by atoms with Crippen LogP contribution in [0.2, 0.25) is 0 Å². The Balaban J connectivity index is 1.91. The van der Waals surface area contributed by atoms with E-state index in [0.717, 1.165) is 10.0 Å². The summed E-state index contributed by atoms with van der Waals surface area (Å²) in [5.74, 6) is 0.149. The van der Waals surface area contributed by atoms with Gasteiger partial charge in [-0.3, -0.25) is 10.1 Å². The van der Waals surface area contributed by atoms with E-state index in [1.54, 1.807) is 18.1 Å². The topological polar surface area (TPSA) is 69.0 Å². The van der Waals surface area contributed by atoms with Gasteiger partial charge in [0.15, 0.2) is 0 Å². The molecule has 0 spiro atoms. The van der Waals surface area contributed by atoms with Crippen LogP contribution in [0.4, 0.5) is 5.95 Å². The summed E-state index contributed by atoms with van der Waals surface area (Å²) in [6.45, 7) is 0.986. The van der Waals surface area contributed by atoms with Crippen molar-refractivity contribution in [3.05, 3.63) is 40.6 Å². The number of hydrogen-bond acceptors (Lipinski definition) is 4. The second kappa shape index (κ2) is 7.16. The second-order valence-electron chi connectivity index (χ2n) is 4.18. The van der Waals surface area contributed by atoms with Crippen molar-refractivity contribution in [1.29, 1.82) is 0 Å². The summed E-state index contributed by atoms with van der Waals surface area (Å²) >= 11 is 3.39. The Morgan fingerprint density at radius 3 is 2.85 bits per heavy atom. The molecule has 0 saturated heterocycles. The predicted octanol–water partition coefficient (Wildman–Crippen LogP) is 2.06. The minimum absolute atomic E-state index is 0.159. The number of halogens is 1. The number of anilines is 1. The van der Waals surface area contributed by atoms with Crippen LogP contribution >= 0.6 is 15.9 Å². The molecule has 0 aliphatic carbocycles. The molecular weight excluding hydrogens is 324 g/mol. The molecule has 1 N–H and O–H groups in total. The highest BCUT2D eigenvalue weighted by molar-refractivity contribution is 9.10. The molecule has 0 saturated carbocycles. The summed E-state index contributed by atoms with van der Waals surface area (Å²) in [4.78, 5) is 15.5. The van der Waals surface area contributed by atoms with Crippen molar-refractivity contribution < 1.29 is 9.53 Å². The van der Waals surface area contributed by atoms with Gasteiger partial charge in [0.1, 0.15) is 6.33 Å². The van der Waals surface area contributed by atoms with Crippen LogP contribution in [-0.4, -0.2) is 34.4 Å². The number of carbonyl (C=O) groups excluding carboxylic acids is 1. The third kappa shape index (κ3) is 4.43. The molecule has 0 unspecified atom stereocenters. The van der Waals surface area contributed by atoms with E-state index >= 15 is 0 Å². The maximum absolute atomic E-state index is 11.5. The molecule has 1 aromatic carbocycles. The largest absolute Gasteiger partial charge is 0.384 e. The Hall–Kier alpha value is -1.73. The van der Waals surface area contributed by atoms with Crippen molar-refractivity contribution in [2.24, 2.45) is 0 Å². The fourth-order valence-electron chi connectivity index (χ4n) is 1.59. The van der Waals surface area contributed by atoms with Crippen molar-refractivity contribution >= 4 is 27.8 Å². The van der Waals surface area contributed by atoms with Crippen LogP contribution in [-0.2, 0) is 16.1 Å². The molecule has 6 nitrogen and oxygen atoms in total. The molecule has 7 heteroatoms. The minimum atomic E-state index is -0.159. The van der Waals surface area contributed by atoms with E-state index in [-0.39, 0.29) is 12.3 Å². The molecule has 0 aliphatic rings. The molecule has 0 radical (unpaired) electrons. The van der Waals surface area contributed by atoms with Crippen molar-refractivity contribution in [1.82, 2.24) is 14.8 Å². The van der Waals surface area contributed by atoms with E-state index in [4.69, 9.17) is 4.74 Å². The van der Waals surface area contributed by atoms with E-state index in [9.17, 15) is 4.79 Å². The van der Waals surface area contributed by atoms with Gasteiger partial charge >= 0.3 is 0 Å². The molecule has 0 atom stereocenters. The molecular formula is C13H15BrN4O2. The number of benzene rings is 1. The van der Waals surface area contributed by atoms with Crippen LogP contribution in [0.15, 0.2) is 35.1 Å². The van der Waals surface area contributed by atoms with Crippen molar-refractivity contribution in [2.45, 2.75) is 13.0 Å². The molecule has 1 amide bonds. The van der Waals surface area contributed by atoms with Gasteiger partial charge in [-0.2, -0.15) is 0 Å². The first-order chi connectivity index (χ1) is 9.67. The molecule has 1 heterocycles. The Bertz CT molecular complexity index is 568. The summed E-state index contributed by atoms with van der Waals surface area (Å²) in [5, 5.41) is 6.82. The average molecular weight is 339 g/mol. The molecule has 0 bridgehead atoms. The predicted molar refractivity (Wildman–Crippen MR) is 78.4 cm³/mol. The van der Waals surface area contributed by atoms with Crippen LogP contribution in [0.1, 0.15) is 12.0 Å². The van der Waals surface area contributed by atoms with E-state index < -0.39 is 0 Å². The van der Waals surface area contributed by atoms with Crippen molar-refractivity contribution in [2.75, 3.05) is 19.0 Å². The fraction of sp³-hybridized carbons (Fsp3) is 0.308. The number of aromatic nitrogens is 3. The summed E-state index contributed by atoms with van der Waals surface area (Å²) < 4.78 is 7.54. The summed E-state index contributed by atoms with van der Waals surface area (Å²) in [7, 11) is 1.55. The fourth-order valence-corrected chi connectivity index (χ4v) is 1.85. The summed E-state index contributed by atoms with van der Waals surface area (Å²) in [6, 6.07) is 7.95. The van der Waals surface area contributed by atoms with Crippen molar-refractivity contribution in [3.63, 3.8) is 0 Å². The Labute approximate surface area is 125 Å². The highest BCUT2D eigenvalue weighted by Crippen LogP contribution is 2.11. The first-order valence-electron chi connectivity index (χ1n) is 6.10. The standard InChI is InChI=1S/C13H15BrN4O2/c1-20-7-6-12(19)16-13-15-9-18(17-13)8-10-2-4-11(14)5-3-10/h2-5,9H,6-8H2,1H3,(H,16,17,19). The number of carbonyl (C=O) groups is 1. The number of nitrogens with zero attached hydrogens (tertiary/aromatic N) is 3. The van der Waals surface area contributed by atoms with Gasteiger partial charge in [-0.15, -0.1) is 5.10 Å². The molecule has 0 fully saturated rings. The summed E-state index contributed by atoms with van der Waals surface area (Å²) in [6.07, 6.45) is 1.88. The second-order valence-corrected chi connectivity index (χ2v) is 5.10. The zero-order valence-electron chi connectivity index (χ0n) is 11.0. The lowest BCUT2D eigenvalue weighted by molar-refractivity contribution is -0.117. The van der Waals surface area contributed by atoms with E-state index in [1.165, 1.54) is 0 Å². The van der Waals surface area contributed by atoms with Gasteiger partial charge < -0.3 is 4.74 Å². The van der Waals surface area contributed by atoms with Crippen LogP contribution in [0.25, 0.3) is 0 Å². The number of rotatable bonds is 6. The highest BCUT2D eigenvalue weighted by Gasteiger charge is 2.06. The SMILES string of the molecule is COCCC(=O)Nc1ncn(Cc2ccc(Br)cc2)n1. The van der Waals surface area contributed by atoms with E-state index in [0.29, 0.717) is 19.1 Å². The van der Waals surface area contributed by atoms with Crippen molar-refractivity contribution in [3.8, 4) is 0 Å². The normalized spacial score (nSPS) is 10.5. The number of amides is 1. The smallest absolute Gasteiger partial charge is 0.248 e. The quantitative estimate of drug-likeness (QED) is 0.875. The van der Waals surface area contributed by atoms with Gasteiger partial charge in [0.2, 0.25) is 11.9 Å². The summed E-state index contributed by atoms with van der Waals surface area (Å²) in [5.41, 5.74) is 1.11. The third-order valence-corrected chi connectivity index (χ3v) is 3.11. The van der Waals surface area contributed by atoms with Gasteiger partial charge in [-0.05, 0) is 17.7 Å². The Morgan fingerprint density at radius 1 is 1.40 bits per heavy atom. The first-order valence-corrected chi connectivity index (χ1v) is 6.89.